The predicted molar refractivity (Wildman–Crippen MR) is 79.5 cm³/mol. The minimum Gasteiger partial charge on any atom is -0.395 e. The Balaban J connectivity index is 2.35. The third-order valence-electron chi connectivity index (χ3n) is 3.36. The molecule has 0 aliphatic carbocycles. The molecule has 0 saturated carbocycles. The highest BCUT2D eigenvalue weighted by Crippen LogP contribution is 2.25. The molecule has 21 heavy (non-hydrogen) atoms. The maximum atomic E-state index is 12.6. The number of nitrogens with zero attached hydrogens (tertiary/aromatic N) is 1. The fraction of sp³-hybridized carbons (Fsp3) is 0.500. The van der Waals surface area contributed by atoms with Gasteiger partial charge in [-0.15, -0.1) is 0 Å². The van der Waals surface area contributed by atoms with Gasteiger partial charge in [-0.25, -0.2) is 16.8 Å². The van der Waals surface area contributed by atoms with Gasteiger partial charge in [-0.3, -0.25) is 0 Å². The fourth-order valence-corrected chi connectivity index (χ4v) is 5.94. The molecule has 1 fully saturated rings. The van der Waals surface area contributed by atoms with Gasteiger partial charge in [0.2, 0.25) is 10.0 Å². The molecule has 0 radical (unpaired) electrons. The van der Waals surface area contributed by atoms with Gasteiger partial charge in [-0.2, -0.15) is 4.31 Å². The smallest absolute Gasteiger partial charge is 0.243 e. The molecule has 2 rings (SSSR count). The molecule has 9 heteroatoms. The Morgan fingerprint density at radius 1 is 1.29 bits per heavy atom. The molecule has 1 atom stereocenters. The Morgan fingerprint density at radius 3 is 2.38 bits per heavy atom. The van der Waals surface area contributed by atoms with Crippen molar-refractivity contribution < 1.29 is 21.9 Å². The van der Waals surface area contributed by atoms with E-state index in [2.05, 4.69) is 0 Å². The zero-order valence-electron chi connectivity index (χ0n) is 11.1. The van der Waals surface area contributed by atoms with Crippen molar-refractivity contribution in [2.45, 2.75) is 17.4 Å². The van der Waals surface area contributed by atoms with Crippen LogP contribution in [0.2, 0.25) is 5.02 Å². The fourth-order valence-electron chi connectivity index (χ4n) is 2.34. The van der Waals surface area contributed by atoms with Crippen molar-refractivity contribution in [3.05, 3.63) is 29.3 Å². The Hall–Kier alpha value is -0.670. The van der Waals surface area contributed by atoms with Gasteiger partial charge in [0.1, 0.15) is 0 Å². The molecular weight excluding hydrogens is 338 g/mol. The quantitative estimate of drug-likeness (QED) is 0.832. The average molecular weight is 354 g/mol. The molecule has 1 aliphatic heterocycles. The first-order valence-corrected chi connectivity index (χ1v) is 9.99. The van der Waals surface area contributed by atoms with Gasteiger partial charge in [-0.1, -0.05) is 11.6 Å². The zero-order chi connectivity index (χ0) is 15.7. The number of sulfonamides is 1. The number of aliphatic hydroxyl groups excluding tert-OH is 1. The Labute approximate surface area is 129 Å². The van der Waals surface area contributed by atoms with E-state index in [1.165, 1.54) is 24.3 Å². The molecule has 1 aromatic rings. The highest BCUT2D eigenvalue weighted by atomic mass is 35.5. The molecule has 1 heterocycles. The summed E-state index contributed by atoms with van der Waals surface area (Å²) in [5.41, 5.74) is 0. The first-order chi connectivity index (χ1) is 9.76. The molecule has 0 amide bonds. The van der Waals surface area contributed by atoms with E-state index >= 15 is 0 Å². The molecule has 0 aromatic heterocycles. The summed E-state index contributed by atoms with van der Waals surface area (Å²) in [5.74, 6) is -0.241. The van der Waals surface area contributed by atoms with Crippen molar-refractivity contribution in [2.75, 3.05) is 24.7 Å². The van der Waals surface area contributed by atoms with Crippen LogP contribution in [0.5, 0.6) is 0 Å². The topological polar surface area (TPSA) is 91.8 Å². The molecule has 6 nitrogen and oxygen atoms in total. The summed E-state index contributed by atoms with van der Waals surface area (Å²) < 4.78 is 49.4. The lowest BCUT2D eigenvalue weighted by molar-refractivity contribution is 0.232. The normalized spacial score (nSPS) is 21.8. The summed E-state index contributed by atoms with van der Waals surface area (Å²) in [4.78, 5) is 0.0321. The molecule has 1 aromatic carbocycles. The molecule has 0 spiro atoms. The third kappa shape index (κ3) is 3.75. The maximum Gasteiger partial charge on any atom is 0.243 e. The minimum atomic E-state index is -3.86. The van der Waals surface area contributed by atoms with Crippen molar-refractivity contribution in [3.8, 4) is 0 Å². The van der Waals surface area contributed by atoms with E-state index in [-0.39, 0.29) is 36.0 Å². The number of hydrogen-bond acceptors (Lipinski definition) is 5. The summed E-state index contributed by atoms with van der Waals surface area (Å²) in [5, 5.41) is 9.51. The van der Waals surface area contributed by atoms with Crippen molar-refractivity contribution in [2.24, 2.45) is 0 Å². The number of sulfone groups is 1. The lowest BCUT2D eigenvalue weighted by atomic mass is 10.3. The summed E-state index contributed by atoms with van der Waals surface area (Å²) >= 11 is 5.74. The zero-order valence-corrected chi connectivity index (χ0v) is 13.5. The van der Waals surface area contributed by atoms with Crippen molar-refractivity contribution >= 4 is 31.5 Å². The van der Waals surface area contributed by atoms with Crippen LogP contribution in [0.25, 0.3) is 0 Å². The van der Waals surface area contributed by atoms with Crippen LogP contribution in [-0.2, 0) is 19.9 Å². The molecule has 1 aliphatic rings. The van der Waals surface area contributed by atoms with Gasteiger partial charge in [-0.05, 0) is 30.7 Å². The van der Waals surface area contributed by atoms with E-state index in [0.717, 1.165) is 4.31 Å². The molecule has 1 saturated heterocycles. The van der Waals surface area contributed by atoms with Crippen LogP contribution >= 0.6 is 11.6 Å². The number of hydrogen-bond donors (Lipinski definition) is 1. The van der Waals surface area contributed by atoms with Crippen molar-refractivity contribution in [3.63, 3.8) is 0 Å². The molecule has 1 N–H and O–H groups in total. The summed E-state index contributed by atoms with van der Waals surface area (Å²) in [7, 11) is -7.08. The van der Waals surface area contributed by atoms with Gasteiger partial charge in [0.15, 0.2) is 9.84 Å². The van der Waals surface area contributed by atoms with Gasteiger partial charge in [0, 0.05) is 17.6 Å². The number of benzene rings is 1. The highest BCUT2D eigenvalue weighted by Gasteiger charge is 2.38. The first kappa shape index (κ1) is 16.7. The Kier molecular flexibility index (Phi) is 4.94. The van der Waals surface area contributed by atoms with Crippen LogP contribution in [0.1, 0.15) is 6.42 Å². The van der Waals surface area contributed by atoms with E-state index in [0.29, 0.717) is 5.02 Å². The van der Waals surface area contributed by atoms with Gasteiger partial charge in [0.05, 0.1) is 23.0 Å². The van der Waals surface area contributed by atoms with Crippen molar-refractivity contribution in [1.29, 1.82) is 0 Å². The predicted octanol–water partition coefficient (Wildman–Crippen LogP) is 0.510. The first-order valence-electron chi connectivity index (χ1n) is 6.35. The average Bonchev–Trinajstić information content (AvgIpc) is 2.76. The Bertz CT molecular complexity index is 700. The van der Waals surface area contributed by atoms with Crippen LogP contribution in [0.15, 0.2) is 29.2 Å². The summed E-state index contributed by atoms with van der Waals surface area (Å²) in [6, 6.07) is 5.01. The largest absolute Gasteiger partial charge is 0.395 e. The lowest BCUT2D eigenvalue weighted by Gasteiger charge is -2.26. The standard InChI is InChI=1S/C12H16ClNO5S2/c13-10-1-3-12(4-2-10)21(18,19)14(6-7-15)11-5-8-20(16,17)9-11/h1-4,11,15H,5-9H2/t11-/m0/s1. The SMILES string of the molecule is O=S1(=O)CC[C@H](N(CCO)S(=O)(=O)c2ccc(Cl)cc2)C1. The molecule has 118 valence electrons. The second-order valence-electron chi connectivity index (χ2n) is 4.85. The highest BCUT2D eigenvalue weighted by molar-refractivity contribution is 7.92. The van der Waals surface area contributed by atoms with Crippen molar-refractivity contribution in [1.82, 2.24) is 4.31 Å². The van der Waals surface area contributed by atoms with E-state index in [1.807, 2.05) is 0 Å². The summed E-state index contributed by atoms with van der Waals surface area (Å²) in [6.07, 6.45) is 0.245. The lowest BCUT2D eigenvalue weighted by Crippen LogP contribution is -2.42. The monoisotopic (exact) mass is 353 g/mol. The summed E-state index contributed by atoms with van der Waals surface area (Å²) in [6.45, 7) is -0.505. The van der Waals surface area contributed by atoms with E-state index in [1.54, 1.807) is 0 Å². The maximum absolute atomic E-state index is 12.6. The van der Waals surface area contributed by atoms with Gasteiger partial charge >= 0.3 is 0 Å². The second-order valence-corrected chi connectivity index (χ2v) is 9.41. The Morgan fingerprint density at radius 2 is 1.90 bits per heavy atom. The van der Waals surface area contributed by atoms with Crippen LogP contribution < -0.4 is 0 Å². The second kappa shape index (κ2) is 6.21. The molecule has 0 unspecified atom stereocenters. The number of rotatable bonds is 5. The van der Waals surface area contributed by atoms with Crippen LogP contribution in [0, 0.1) is 0 Å². The van der Waals surface area contributed by atoms with Crippen LogP contribution in [-0.4, -0.2) is 56.9 Å². The van der Waals surface area contributed by atoms with Gasteiger partial charge in [0.25, 0.3) is 0 Å². The third-order valence-corrected chi connectivity index (χ3v) is 7.32. The van der Waals surface area contributed by atoms with Crippen LogP contribution in [0.3, 0.4) is 0 Å². The molecule has 0 bridgehead atoms. The number of aliphatic hydroxyl groups is 1. The molecular formula is C12H16ClNO5S2. The minimum absolute atomic E-state index is 0.0320. The van der Waals surface area contributed by atoms with Crippen LogP contribution in [0.4, 0.5) is 0 Å². The van der Waals surface area contributed by atoms with E-state index in [4.69, 9.17) is 16.7 Å². The van der Waals surface area contributed by atoms with E-state index in [9.17, 15) is 16.8 Å². The van der Waals surface area contributed by atoms with E-state index < -0.39 is 25.9 Å². The number of halogens is 1. The van der Waals surface area contributed by atoms with Gasteiger partial charge < -0.3 is 5.11 Å².